The molecule has 0 spiro atoms. The average molecular weight is 898 g/mol. The van der Waals surface area contributed by atoms with Crippen molar-refractivity contribution in [2.45, 2.75) is 0 Å². The summed E-state index contributed by atoms with van der Waals surface area (Å²) in [5.41, 5.74) is 10.4. The number of furan rings is 2. The van der Waals surface area contributed by atoms with Gasteiger partial charge in [-0.05, 0) is 97.5 Å². The Hall–Kier alpha value is -8.97. The molecule has 0 saturated heterocycles. The first-order chi connectivity index (χ1) is 34.2. The van der Waals surface area contributed by atoms with Crippen LogP contribution in [0.1, 0.15) is 0 Å². The number of hydrogen-bond acceptors (Lipinski definition) is 6. The first-order valence-corrected chi connectivity index (χ1v) is 24.0. The molecule has 320 valence electrons. The number of benzene rings is 11. The van der Waals surface area contributed by atoms with E-state index in [1.807, 2.05) is 47.7 Å². The number of para-hydroxylation sites is 1. The van der Waals surface area contributed by atoms with Gasteiger partial charge in [-0.3, -0.25) is 0 Å². The molecule has 0 amide bonds. The molecule has 0 aliphatic heterocycles. The minimum atomic E-state index is 0.571. The van der Waals surface area contributed by atoms with Crippen LogP contribution in [0.5, 0.6) is 0 Å². The fourth-order valence-electron chi connectivity index (χ4n) is 10.8. The van der Waals surface area contributed by atoms with E-state index < -0.39 is 0 Å². The molecule has 5 nitrogen and oxygen atoms in total. The molecule has 15 rings (SSSR count). The summed E-state index contributed by atoms with van der Waals surface area (Å²) >= 11 is 1.84. The predicted octanol–water partition coefficient (Wildman–Crippen LogP) is 17.8. The van der Waals surface area contributed by atoms with E-state index in [1.54, 1.807) is 0 Å². The van der Waals surface area contributed by atoms with E-state index in [9.17, 15) is 0 Å². The van der Waals surface area contributed by atoms with Crippen molar-refractivity contribution in [2.75, 3.05) is 0 Å². The van der Waals surface area contributed by atoms with Gasteiger partial charge in [-0.15, -0.1) is 11.3 Å². The molecule has 0 aliphatic carbocycles. The third-order valence-electron chi connectivity index (χ3n) is 13.9. The maximum atomic E-state index is 6.71. The van der Waals surface area contributed by atoms with Crippen molar-refractivity contribution in [1.29, 1.82) is 0 Å². The molecule has 0 saturated carbocycles. The van der Waals surface area contributed by atoms with Gasteiger partial charge in [-0.25, -0.2) is 15.0 Å². The minimum absolute atomic E-state index is 0.571. The Morgan fingerprint density at radius 3 is 1.61 bits per heavy atom. The Kier molecular flexibility index (Phi) is 8.17. The van der Waals surface area contributed by atoms with Crippen molar-refractivity contribution in [3.63, 3.8) is 0 Å². The zero-order valence-corrected chi connectivity index (χ0v) is 37.6. The smallest absolute Gasteiger partial charge is 0.164 e. The Balaban J connectivity index is 0.957. The lowest BCUT2D eigenvalue weighted by molar-refractivity contribution is 0.669. The molecular weight excluding hydrogens is 863 g/mol. The summed E-state index contributed by atoms with van der Waals surface area (Å²) in [5, 5.41) is 13.9. The van der Waals surface area contributed by atoms with Crippen LogP contribution in [0, 0.1) is 0 Å². The van der Waals surface area contributed by atoms with Crippen LogP contribution in [0.3, 0.4) is 0 Å². The average Bonchev–Trinajstić information content (AvgIpc) is 4.11. The number of fused-ring (bicyclic) bond motifs is 15. The van der Waals surface area contributed by atoms with Gasteiger partial charge in [0.15, 0.2) is 17.5 Å². The Bertz CT molecular complexity index is 4590. The highest BCUT2D eigenvalue weighted by molar-refractivity contribution is 7.25. The maximum Gasteiger partial charge on any atom is 0.164 e. The zero-order valence-electron chi connectivity index (χ0n) is 36.8. The normalized spacial score (nSPS) is 12.1. The molecule has 0 fully saturated rings. The van der Waals surface area contributed by atoms with Gasteiger partial charge in [0.25, 0.3) is 0 Å². The van der Waals surface area contributed by atoms with Gasteiger partial charge >= 0.3 is 0 Å². The highest BCUT2D eigenvalue weighted by atomic mass is 32.1. The Morgan fingerprint density at radius 1 is 0.275 bits per heavy atom. The van der Waals surface area contributed by atoms with Crippen LogP contribution < -0.4 is 0 Å². The van der Waals surface area contributed by atoms with Gasteiger partial charge in [0, 0.05) is 64.0 Å². The van der Waals surface area contributed by atoms with Crippen LogP contribution in [0.2, 0.25) is 0 Å². The second-order valence-electron chi connectivity index (χ2n) is 17.8. The van der Waals surface area contributed by atoms with E-state index in [-0.39, 0.29) is 0 Å². The molecule has 6 heteroatoms. The molecule has 11 aromatic carbocycles. The van der Waals surface area contributed by atoms with Gasteiger partial charge in [0.2, 0.25) is 0 Å². The fraction of sp³-hybridized carbons (Fsp3) is 0. The Morgan fingerprint density at radius 2 is 0.812 bits per heavy atom. The van der Waals surface area contributed by atoms with E-state index >= 15 is 0 Å². The molecule has 4 heterocycles. The summed E-state index contributed by atoms with van der Waals surface area (Å²) in [6, 6.07) is 75.0. The number of thiophene rings is 1. The first-order valence-electron chi connectivity index (χ1n) is 23.2. The summed E-state index contributed by atoms with van der Waals surface area (Å²) < 4.78 is 15.8. The molecular formula is C63H35N3O2S. The largest absolute Gasteiger partial charge is 0.456 e. The van der Waals surface area contributed by atoms with Crippen LogP contribution in [-0.4, -0.2) is 15.0 Å². The van der Waals surface area contributed by atoms with Crippen LogP contribution in [0.25, 0.3) is 153 Å². The lowest BCUT2D eigenvalue weighted by Gasteiger charge is -2.13. The summed E-state index contributed by atoms with van der Waals surface area (Å²) in [6.07, 6.45) is 0. The van der Waals surface area contributed by atoms with E-state index in [0.29, 0.717) is 17.5 Å². The lowest BCUT2D eigenvalue weighted by atomic mass is 9.89. The van der Waals surface area contributed by atoms with Crippen molar-refractivity contribution < 1.29 is 8.83 Å². The van der Waals surface area contributed by atoms with Crippen molar-refractivity contribution in [3.05, 3.63) is 212 Å². The van der Waals surface area contributed by atoms with Crippen LogP contribution in [-0.2, 0) is 0 Å². The minimum Gasteiger partial charge on any atom is -0.456 e. The zero-order chi connectivity index (χ0) is 45.2. The molecule has 0 N–H and O–H groups in total. The van der Waals surface area contributed by atoms with Crippen LogP contribution >= 0.6 is 11.3 Å². The third kappa shape index (κ3) is 5.86. The van der Waals surface area contributed by atoms with Gasteiger partial charge < -0.3 is 8.83 Å². The van der Waals surface area contributed by atoms with Crippen LogP contribution in [0.4, 0.5) is 0 Å². The molecule has 0 unspecified atom stereocenters. The molecule has 0 atom stereocenters. The van der Waals surface area contributed by atoms with E-state index in [4.69, 9.17) is 23.8 Å². The predicted molar refractivity (Wildman–Crippen MR) is 287 cm³/mol. The quantitative estimate of drug-likeness (QED) is 0.161. The standard InChI is InChI=1S/C63H35N3O2S/c1-2-13-36(14-3-1)61-64-62(39-26-28-45-43-17-5-4-15-41(43)42-16-6-7-18-44(42)50(45)34-39)66-63(65-61)49-21-12-23-54-59(49)51-33-38(27-31-53(51)68-54)58-40(30-32-55-60(58)48-20-8-10-22-52(48)67-55)37-25-29-47-46-19-9-11-24-56(46)69-57(47)35-37/h1-35H. The fourth-order valence-corrected chi connectivity index (χ4v) is 12.0. The molecule has 69 heavy (non-hydrogen) atoms. The van der Waals surface area contributed by atoms with Crippen molar-refractivity contribution in [1.82, 2.24) is 15.0 Å². The van der Waals surface area contributed by atoms with E-state index in [0.717, 1.165) is 88.2 Å². The third-order valence-corrected chi connectivity index (χ3v) is 15.1. The SMILES string of the molecule is c1ccc(-c2nc(-c3ccc4c5ccccc5c5ccccc5c4c3)nc(-c3cccc4oc5ccc(-c6c(-c7ccc8c(c7)sc7ccccc78)ccc7oc8ccccc8c67)cc5c34)n2)cc1. The molecule has 0 bridgehead atoms. The molecule has 15 aromatic rings. The van der Waals surface area contributed by atoms with Gasteiger partial charge in [0.05, 0.1) is 0 Å². The summed E-state index contributed by atoms with van der Waals surface area (Å²) in [4.78, 5) is 15.8. The number of nitrogens with zero attached hydrogens (tertiary/aromatic N) is 3. The van der Waals surface area contributed by atoms with Crippen molar-refractivity contribution in [3.8, 4) is 56.4 Å². The molecule has 0 radical (unpaired) electrons. The monoisotopic (exact) mass is 897 g/mol. The lowest BCUT2D eigenvalue weighted by Crippen LogP contribution is -2.00. The maximum absolute atomic E-state index is 6.71. The Labute approximate surface area is 398 Å². The summed E-state index contributed by atoms with van der Waals surface area (Å²) in [6.45, 7) is 0. The highest BCUT2D eigenvalue weighted by Gasteiger charge is 2.23. The first kappa shape index (κ1) is 38.2. The van der Waals surface area contributed by atoms with Gasteiger partial charge in [-0.1, -0.05) is 164 Å². The molecule has 4 aromatic heterocycles. The number of rotatable bonds is 5. The van der Waals surface area contributed by atoms with Crippen LogP contribution in [0.15, 0.2) is 221 Å². The van der Waals surface area contributed by atoms with E-state index in [1.165, 1.54) is 47.1 Å². The van der Waals surface area contributed by atoms with E-state index in [2.05, 4.69) is 176 Å². The second-order valence-corrected chi connectivity index (χ2v) is 18.9. The summed E-state index contributed by atoms with van der Waals surface area (Å²) in [5.74, 6) is 1.77. The summed E-state index contributed by atoms with van der Waals surface area (Å²) in [7, 11) is 0. The number of aromatic nitrogens is 3. The van der Waals surface area contributed by atoms with Gasteiger partial charge in [-0.2, -0.15) is 0 Å². The second kappa shape index (κ2) is 14.8. The van der Waals surface area contributed by atoms with Crippen molar-refractivity contribution in [2.24, 2.45) is 0 Å². The van der Waals surface area contributed by atoms with Crippen molar-refractivity contribution >= 4 is 108 Å². The van der Waals surface area contributed by atoms with Gasteiger partial charge in [0.1, 0.15) is 22.3 Å². The topological polar surface area (TPSA) is 65.0 Å². The highest BCUT2D eigenvalue weighted by Crippen LogP contribution is 2.47. The number of hydrogen-bond donors (Lipinski definition) is 0. The molecule has 0 aliphatic rings.